The summed E-state index contributed by atoms with van der Waals surface area (Å²) in [4.78, 5) is 11.5. The molecule has 5 nitrogen and oxygen atoms in total. The summed E-state index contributed by atoms with van der Waals surface area (Å²) in [5.41, 5.74) is 8.76. The maximum Gasteiger partial charge on any atom is 0.337 e. The van der Waals surface area contributed by atoms with Crippen molar-refractivity contribution in [2.75, 3.05) is 18.2 Å². The zero-order valence-electron chi connectivity index (χ0n) is 10.9. The monoisotopic (exact) mass is 267 g/mol. The first kappa shape index (κ1) is 13.4. The average molecular weight is 267 g/mol. The lowest BCUT2D eigenvalue weighted by molar-refractivity contribution is 0.0601. The van der Waals surface area contributed by atoms with Crippen LogP contribution < -0.4 is 11.1 Å². The smallest absolute Gasteiger partial charge is 0.337 e. The molecule has 3 N–H and O–H groups in total. The van der Waals surface area contributed by atoms with Crippen LogP contribution in [0.4, 0.5) is 17.1 Å². The van der Waals surface area contributed by atoms with E-state index in [0.717, 1.165) is 5.69 Å². The van der Waals surface area contributed by atoms with Gasteiger partial charge in [0.15, 0.2) is 0 Å². The van der Waals surface area contributed by atoms with Crippen LogP contribution in [0.2, 0.25) is 0 Å². The topological polar surface area (TPSA) is 88.1 Å². The van der Waals surface area contributed by atoms with Crippen LogP contribution in [-0.4, -0.2) is 13.1 Å². The third kappa shape index (κ3) is 2.87. The first-order valence-electron chi connectivity index (χ1n) is 5.89. The van der Waals surface area contributed by atoms with Crippen molar-refractivity contribution in [3.8, 4) is 6.07 Å². The van der Waals surface area contributed by atoms with Crippen LogP contribution in [0.5, 0.6) is 0 Å². The molecule has 0 aliphatic carbocycles. The Morgan fingerprint density at radius 2 is 1.95 bits per heavy atom. The summed E-state index contributed by atoms with van der Waals surface area (Å²) in [6.07, 6.45) is 0. The van der Waals surface area contributed by atoms with E-state index in [9.17, 15) is 4.79 Å². The van der Waals surface area contributed by atoms with Crippen molar-refractivity contribution < 1.29 is 9.53 Å². The number of methoxy groups -OCH3 is 1. The van der Waals surface area contributed by atoms with E-state index in [1.165, 1.54) is 7.11 Å². The number of nitrogens with two attached hydrogens (primary N) is 1. The Morgan fingerprint density at radius 1 is 1.25 bits per heavy atom. The minimum absolute atomic E-state index is 0.415. The van der Waals surface area contributed by atoms with Gasteiger partial charge in [0.1, 0.15) is 0 Å². The number of rotatable bonds is 3. The molecule has 0 fully saturated rings. The molecule has 0 bridgehead atoms. The van der Waals surface area contributed by atoms with E-state index in [-0.39, 0.29) is 0 Å². The highest BCUT2D eigenvalue weighted by molar-refractivity contribution is 5.92. The first-order chi connectivity index (χ1) is 9.63. The molecule has 0 saturated heterocycles. The van der Waals surface area contributed by atoms with Crippen molar-refractivity contribution in [1.82, 2.24) is 0 Å². The summed E-state index contributed by atoms with van der Waals surface area (Å²) >= 11 is 0. The van der Waals surface area contributed by atoms with Crippen LogP contribution in [0, 0.1) is 11.3 Å². The number of anilines is 3. The minimum atomic E-state index is -0.423. The van der Waals surface area contributed by atoms with Gasteiger partial charge in [-0.3, -0.25) is 0 Å². The zero-order valence-corrected chi connectivity index (χ0v) is 10.9. The van der Waals surface area contributed by atoms with Crippen molar-refractivity contribution in [1.29, 1.82) is 5.26 Å². The number of benzene rings is 2. The highest BCUT2D eigenvalue weighted by Crippen LogP contribution is 2.25. The largest absolute Gasteiger partial charge is 0.465 e. The van der Waals surface area contributed by atoms with Crippen molar-refractivity contribution in [3.05, 3.63) is 53.6 Å². The molecule has 0 unspecified atom stereocenters. The molecule has 0 aliphatic heterocycles. The number of esters is 1. The van der Waals surface area contributed by atoms with Gasteiger partial charge in [-0.1, -0.05) is 0 Å². The Hall–Kier alpha value is -3.00. The lowest BCUT2D eigenvalue weighted by Gasteiger charge is -2.10. The third-order valence-corrected chi connectivity index (χ3v) is 2.77. The van der Waals surface area contributed by atoms with Gasteiger partial charge in [-0.05, 0) is 42.5 Å². The molecule has 100 valence electrons. The number of carbonyl (C=O) groups excluding carboxylic acids is 1. The molecule has 20 heavy (non-hydrogen) atoms. The Labute approximate surface area is 116 Å². The Morgan fingerprint density at radius 3 is 2.55 bits per heavy atom. The first-order valence-corrected chi connectivity index (χ1v) is 5.89. The second-order valence-corrected chi connectivity index (χ2v) is 4.11. The van der Waals surface area contributed by atoms with Gasteiger partial charge in [0.2, 0.25) is 0 Å². The lowest BCUT2D eigenvalue weighted by Crippen LogP contribution is -2.04. The Balaban J connectivity index is 2.27. The van der Waals surface area contributed by atoms with Gasteiger partial charge in [0.25, 0.3) is 0 Å². The zero-order chi connectivity index (χ0) is 14.5. The molecule has 0 aromatic heterocycles. The van der Waals surface area contributed by atoms with Crippen LogP contribution in [0.1, 0.15) is 15.9 Å². The number of nitrogens with one attached hydrogen (secondary N) is 1. The van der Waals surface area contributed by atoms with E-state index in [2.05, 4.69) is 10.1 Å². The third-order valence-electron chi connectivity index (χ3n) is 2.77. The van der Waals surface area contributed by atoms with Gasteiger partial charge < -0.3 is 15.8 Å². The number of ether oxygens (including phenoxy) is 1. The second-order valence-electron chi connectivity index (χ2n) is 4.11. The quantitative estimate of drug-likeness (QED) is 0.659. The van der Waals surface area contributed by atoms with Crippen molar-refractivity contribution in [3.63, 3.8) is 0 Å². The van der Waals surface area contributed by atoms with Crippen molar-refractivity contribution in [2.24, 2.45) is 0 Å². The Bertz CT molecular complexity index is 673. The molecule has 0 amide bonds. The fourth-order valence-electron chi connectivity index (χ4n) is 1.69. The van der Waals surface area contributed by atoms with E-state index < -0.39 is 5.97 Å². The van der Waals surface area contributed by atoms with Gasteiger partial charge in [0, 0.05) is 5.69 Å². The summed E-state index contributed by atoms with van der Waals surface area (Å²) in [5, 5.41) is 11.8. The van der Waals surface area contributed by atoms with Gasteiger partial charge in [-0.15, -0.1) is 0 Å². The fourth-order valence-corrected chi connectivity index (χ4v) is 1.69. The predicted octanol–water partition coefficient (Wildman–Crippen LogP) is 2.67. The summed E-state index contributed by atoms with van der Waals surface area (Å²) < 4.78 is 4.67. The Kier molecular flexibility index (Phi) is 3.87. The molecule has 5 heteroatoms. The molecule has 0 aliphatic rings. The SMILES string of the molecule is COC(=O)c1ccc(N)c(Nc2ccc(C#N)cc2)c1. The molecule has 2 aromatic carbocycles. The minimum Gasteiger partial charge on any atom is -0.465 e. The van der Waals surface area contributed by atoms with Crippen molar-refractivity contribution in [2.45, 2.75) is 0 Å². The highest BCUT2D eigenvalue weighted by Gasteiger charge is 2.08. The predicted molar refractivity (Wildman–Crippen MR) is 76.6 cm³/mol. The molecule has 0 atom stereocenters. The van der Waals surface area contributed by atoms with Crippen LogP contribution in [0.15, 0.2) is 42.5 Å². The molecule has 0 spiro atoms. The van der Waals surface area contributed by atoms with Gasteiger partial charge in [-0.25, -0.2) is 4.79 Å². The van der Waals surface area contributed by atoms with Crippen LogP contribution in [0.3, 0.4) is 0 Å². The average Bonchev–Trinajstić information content (AvgIpc) is 2.49. The molecule has 2 aromatic rings. The van der Waals surface area contributed by atoms with Gasteiger partial charge in [-0.2, -0.15) is 5.26 Å². The number of nitrogen functional groups attached to an aromatic ring is 1. The van der Waals surface area contributed by atoms with E-state index in [1.807, 2.05) is 6.07 Å². The van der Waals surface area contributed by atoms with Crippen LogP contribution in [0.25, 0.3) is 0 Å². The number of carbonyl (C=O) groups is 1. The lowest BCUT2D eigenvalue weighted by atomic mass is 10.1. The van der Waals surface area contributed by atoms with E-state index in [1.54, 1.807) is 42.5 Å². The van der Waals surface area contributed by atoms with Crippen molar-refractivity contribution >= 4 is 23.0 Å². The highest BCUT2D eigenvalue weighted by atomic mass is 16.5. The van der Waals surface area contributed by atoms with Gasteiger partial charge in [0.05, 0.1) is 35.7 Å². The molecular weight excluding hydrogens is 254 g/mol. The van der Waals surface area contributed by atoms with Crippen LogP contribution in [-0.2, 0) is 4.74 Å². The molecule has 2 rings (SSSR count). The van der Waals surface area contributed by atoms with E-state index in [4.69, 9.17) is 11.0 Å². The molecular formula is C15H13N3O2. The number of nitrogens with zero attached hydrogens (tertiary/aromatic N) is 1. The molecule has 0 heterocycles. The summed E-state index contributed by atoms with van der Waals surface area (Å²) in [6, 6.07) is 13.8. The maximum atomic E-state index is 11.5. The molecule has 0 saturated carbocycles. The molecule has 0 radical (unpaired) electrons. The van der Waals surface area contributed by atoms with Crippen LogP contribution >= 0.6 is 0 Å². The van der Waals surface area contributed by atoms with E-state index in [0.29, 0.717) is 22.5 Å². The normalized spacial score (nSPS) is 9.60. The summed E-state index contributed by atoms with van der Waals surface area (Å²) in [5.74, 6) is -0.423. The fraction of sp³-hybridized carbons (Fsp3) is 0.0667. The van der Waals surface area contributed by atoms with E-state index >= 15 is 0 Å². The summed E-state index contributed by atoms with van der Waals surface area (Å²) in [7, 11) is 1.33. The standard InChI is InChI=1S/C15H13N3O2/c1-20-15(19)11-4-7-13(17)14(8-11)18-12-5-2-10(9-16)3-6-12/h2-8,18H,17H2,1H3. The number of nitriles is 1. The summed E-state index contributed by atoms with van der Waals surface area (Å²) in [6.45, 7) is 0. The van der Waals surface area contributed by atoms with Gasteiger partial charge >= 0.3 is 5.97 Å². The number of hydrogen-bond acceptors (Lipinski definition) is 5. The number of hydrogen-bond donors (Lipinski definition) is 2. The maximum absolute atomic E-state index is 11.5. The second kappa shape index (κ2) is 5.76.